The van der Waals surface area contributed by atoms with Gasteiger partial charge in [-0.05, 0) is 54.7 Å². The lowest BCUT2D eigenvalue weighted by Crippen LogP contribution is -2.39. The van der Waals surface area contributed by atoms with Crippen LogP contribution in [-0.4, -0.2) is 51.1 Å². The molecule has 1 saturated carbocycles. The van der Waals surface area contributed by atoms with Gasteiger partial charge in [-0.2, -0.15) is 12.7 Å². The molecule has 0 atom stereocenters. The van der Waals surface area contributed by atoms with Crippen LogP contribution in [0.1, 0.15) is 64.3 Å². The van der Waals surface area contributed by atoms with Crippen molar-refractivity contribution in [2.75, 3.05) is 21.2 Å². The Morgan fingerprint density at radius 3 is 2.50 bits per heavy atom. The molecule has 1 aromatic heterocycles. The molecule has 8 nitrogen and oxygen atoms in total. The van der Waals surface area contributed by atoms with E-state index in [1.807, 2.05) is 12.1 Å². The predicted octanol–water partition coefficient (Wildman–Crippen LogP) is 4.24. The second-order valence-electron chi connectivity index (χ2n) is 8.80. The van der Waals surface area contributed by atoms with Gasteiger partial charge in [0.25, 0.3) is 5.91 Å². The topological polar surface area (TPSA) is 109 Å². The molecule has 1 amide bonds. The van der Waals surface area contributed by atoms with Gasteiger partial charge in [0.05, 0.1) is 12.8 Å². The number of rotatable bonds is 7. The van der Waals surface area contributed by atoms with Crippen LogP contribution < -0.4 is 9.46 Å². The van der Waals surface area contributed by atoms with Crippen molar-refractivity contribution in [1.82, 2.24) is 14.0 Å². The summed E-state index contributed by atoms with van der Waals surface area (Å²) in [6.45, 7) is 0. The standard InChI is InChI=1S/C25H29N3O5S/c1-28(2)34(31,32)27-25(30)17-10-12-20-22(13-17)26-24(23(20)16-7-5-4-6-8-16)21-14-19(33-3)11-9-18(21)15-29/h9-16,26H,4-8H2,1-3H3,(H,27,30). The second-order valence-corrected chi connectivity index (χ2v) is 10.7. The number of hydrogen-bond donors (Lipinski definition) is 2. The average Bonchev–Trinajstić information content (AvgIpc) is 3.22. The van der Waals surface area contributed by atoms with Crippen LogP contribution in [0.25, 0.3) is 22.2 Å². The van der Waals surface area contributed by atoms with E-state index < -0.39 is 16.1 Å². The van der Waals surface area contributed by atoms with Crippen molar-refractivity contribution in [3.05, 3.63) is 53.1 Å². The molecular formula is C25H29N3O5S. The van der Waals surface area contributed by atoms with Crippen molar-refractivity contribution in [2.45, 2.75) is 38.0 Å². The Balaban J connectivity index is 1.87. The number of nitrogens with zero attached hydrogens (tertiary/aromatic N) is 1. The van der Waals surface area contributed by atoms with Crippen LogP contribution in [0.15, 0.2) is 36.4 Å². The summed E-state index contributed by atoms with van der Waals surface area (Å²) in [5.41, 5.74) is 4.18. The number of carbonyl (C=O) groups is 2. The highest BCUT2D eigenvalue weighted by Gasteiger charge is 2.26. The molecule has 3 aromatic rings. The van der Waals surface area contributed by atoms with Crippen LogP contribution in [0.5, 0.6) is 5.75 Å². The number of aromatic nitrogens is 1. The van der Waals surface area contributed by atoms with Crippen molar-refractivity contribution in [2.24, 2.45) is 0 Å². The molecule has 0 spiro atoms. The minimum atomic E-state index is -3.91. The Morgan fingerprint density at radius 1 is 1.12 bits per heavy atom. The summed E-state index contributed by atoms with van der Waals surface area (Å²) in [5, 5.41) is 0.966. The van der Waals surface area contributed by atoms with Gasteiger partial charge in [0, 0.05) is 41.7 Å². The molecule has 180 valence electrons. The summed E-state index contributed by atoms with van der Waals surface area (Å²) >= 11 is 0. The van der Waals surface area contributed by atoms with Crippen LogP contribution in [0.3, 0.4) is 0 Å². The van der Waals surface area contributed by atoms with Crippen LogP contribution >= 0.6 is 0 Å². The van der Waals surface area contributed by atoms with Crippen molar-refractivity contribution in [1.29, 1.82) is 0 Å². The van der Waals surface area contributed by atoms with Crippen LogP contribution in [0, 0.1) is 0 Å². The number of ether oxygens (including phenoxy) is 1. The van der Waals surface area contributed by atoms with E-state index in [0.717, 1.165) is 58.5 Å². The molecule has 9 heteroatoms. The third-order valence-corrected chi connectivity index (χ3v) is 7.88. The zero-order valence-corrected chi connectivity index (χ0v) is 20.4. The Hall–Kier alpha value is -3.17. The molecule has 0 unspecified atom stereocenters. The summed E-state index contributed by atoms with van der Waals surface area (Å²) in [6.07, 6.45) is 6.40. The SMILES string of the molecule is COc1ccc(C=O)c(-c2[nH]c3cc(C(=O)NS(=O)(=O)N(C)C)ccc3c2C2CCCCC2)c1. The highest BCUT2D eigenvalue weighted by Crippen LogP contribution is 2.43. The maximum Gasteiger partial charge on any atom is 0.303 e. The number of methoxy groups -OCH3 is 1. The van der Waals surface area contributed by atoms with E-state index in [0.29, 0.717) is 22.7 Å². The summed E-state index contributed by atoms with van der Waals surface area (Å²) in [7, 11) is 0.380. The van der Waals surface area contributed by atoms with Crippen LogP contribution in [0.4, 0.5) is 0 Å². The second kappa shape index (κ2) is 9.60. The minimum Gasteiger partial charge on any atom is -0.497 e. The zero-order chi connectivity index (χ0) is 24.5. The fourth-order valence-electron chi connectivity index (χ4n) is 4.64. The fourth-order valence-corrected chi connectivity index (χ4v) is 5.17. The number of nitrogens with one attached hydrogen (secondary N) is 2. The summed E-state index contributed by atoms with van der Waals surface area (Å²) in [5.74, 6) is 0.251. The monoisotopic (exact) mass is 483 g/mol. The van der Waals surface area contributed by atoms with E-state index >= 15 is 0 Å². The number of carbonyl (C=O) groups excluding carboxylic acids is 2. The zero-order valence-electron chi connectivity index (χ0n) is 19.6. The van der Waals surface area contributed by atoms with Gasteiger partial charge in [0.15, 0.2) is 6.29 Å². The third-order valence-electron chi connectivity index (χ3n) is 6.47. The molecule has 34 heavy (non-hydrogen) atoms. The summed E-state index contributed by atoms with van der Waals surface area (Å²) in [6, 6.07) is 10.5. The normalized spacial score (nSPS) is 14.9. The molecule has 0 saturated heterocycles. The molecule has 0 radical (unpaired) electrons. The lowest BCUT2D eigenvalue weighted by atomic mass is 9.81. The fraction of sp³-hybridized carbons (Fsp3) is 0.360. The predicted molar refractivity (Wildman–Crippen MR) is 132 cm³/mol. The van der Waals surface area contributed by atoms with Gasteiger partial charge in [-0.1, -0.05) is 25.3 Å². The number of H-pyrrole nitrogens is 1. The van der Waals surface area contributed by atoms with E-state index in [1.54, 1.807) is 31.4 Å². The van der Waals surface area contributed by atoms with Gasteiger partial charge in [-0.25, -0.2) is 4.72 Å². The summed E-state index contributed by atoms with van der Waals surface area (Å²) in [4.78, 5) is 28.0. The quantitative estimate of drug-likeness (QED) is 0.489. The largest absolute Gasteiger partial charge is 0.497 e. The maximum atomic E-state index is 12.7. The lowest BCUT2D eigenvalue weighted by molar-refractivity contribution is 0.0979. The van der Waals surface area contributed by atoms with Gasteiger partial charge >= 0.3 is 10.2 Å². The molecule has 4 rings (SSSR count). The highest BCUT2D eigenvalue weighted by atomic mass is 32.2. The van der Waals surface area contributed by atoms with Crippen molar-refractivity contribution >= 4 is 33.3 Å². The Labute approximate surface area is 199 Å². The van der Waals surface area contributed by atoms with Gasteiger partial charge in [-0.15, -0.1) is 0 Å². The van der Waals surface area contributed by atoms with Crippen LogP contribution in [0.2, 0.25) is 0 Å². The average molecular weight is 484 g/mol. The number of aldehydes is 1. The number of fused-ring (bicyclic) bond motifs is 1. The minimum absolute atomic E-state index is 0.224. The Morgan fingerprint density at radius 2 is 1.85 bits per heavy atom. The molecule has 1 aliphatic rings. The smallest absolute Gasteiger partial charge is 0.303 e. The molecule has 1 heterocycles. The number of amides is 1. The van der Waals surface area contributed by atoms with Gasteiger partial charge < -0.3 is 9.72 Å². The first kappa shape index (κ1) is 24.0. The molecule has 0 bridgehead atoms. The lowest BCUT2D eigenvalue weighted by Gasteiger charge is -2.23. The van der Waals surface area contributed by atoms with Crippen LogP contribution in [-0.2, 0) is 10.2 Å². The summed E-state index contributed by atoms with van der Waals surface area (Å²) < 4.78 is 32.6. The van der Waals surface area contributed by atoms with Gasteiger partial charge in [0.1, 0.15) is 5.75 Å². The molecule has 0 aliphatic heterocycles. The number of benzene rings is 2. The number of aromatic amines is 1. The third kappa shape index (κ3) is 4.58. The number of hydrogen-bond acceptors (Lipinski definition) is 5. The molecule has 2 N–H and O–H groups in total. The van der Waals surface area contributed by atoms with E-state index in [4.69, 9.17) is 4.74 Å². The highest BCUT2D eigenvalue weighted by molar-refractivity contribution is 7.87. The van der Waals surface area contributed by atoms with Crippen molar-refractivity contribution in [3.63, 3.8) is 0 Å². The molecule has 1 fully saturated rings. The Kier molecular flexibility index (Phi) is 6.77. The molecule has 1 aliphatic carbocycles. The van der Waals surface area contributed by atoms with E-state index in [9.17, 15) is 18.0 Å². The van der Waals surface area contributed by atoms with E-state index in [1.165, 1.54) is 20.5 Å². The first-order valence-electron chi connectivity index (χ1n) is 11.3. The first-order valence-corrected chi connectivity index (χ1v) is 12.7. The Bertz CT molecular complexity index is 1340. The molecular weight excluding hydrogens is 454 g/mol. The first-order chi connectivity index (χ1) is 16.2. The van der Waals surface area contributed by atoms with E-state index in [2.05, 4.69) is 9.71 Å². The van der Waals surface area contributed by atoms with E-state index in [-0.39, 0.29) is 5.56 Å². The van der Waals surface area contributed by atoms with Gasteiger partial charge in [-0.3, -0.25) is 9.59 Å². The van der Waals surface area contributed by atoms with Crippen molar-refractivity contribution < 1.29 is 22.7 Å². The van der Waals surface area contributed by atoms with Gasteiger partial charge in [0.2, 0.25) is 0 Å². The van der Waals surface area contributed by atoms with Crippen molar-refractivity contribution in [3.8, 4) is 17.0 Å². The molecule has 2 aromatic carbocycles. The maximum absolute atomic E-state index is 12.7.